The monoisotopic (exact) mass is 365 g/mol. The first-order valence-electron chi connectivity index (χ1n) is 9.30. The van der Waals surface area contributed by atoms with Gasteiger partial charge in [0, 0.05) is 5.56 Å². The van der Waals surface area contributed by atoms with Crippen molar-refractivity contribution in [1.82, 2.24) is 0 Å². The molecule has 0 aliphatic heterocycles. The molecule has 0 amide bonds. The molecule has 1 aromatic carbocycles. The van der Waals surface area contributed by atoms with E-state index in [0.717, 1.165) is 62.6 Å². The molecule has 0 unspecified atom stereocenters. The summed E-state index contributed by atoms with van der Waals surface area (Å²) < 4.78 is 23.4. The van der Waals surface area contributed by atoms with Gasteiger partial charge in [0.2, 0.25) is 0 Å². The van der Waals surface area contributed by atoms with Crippen molar-refractivity contribution in [2.75, 3.05) is 5.75 Å². The Kier molecular flexibility index (Phi) is 6.66. The number of sulfone groups is 1. The van der Waals surface area contributed by atoms with Gasteiger partial charge < -0.3 is 5.21 Å². The van der Waals surface area contributed by atoms with Crippen LogP contribution in [0.15, 0.2) is 23.4 Å². The highest BCUT2D eigenvalue weighted by Crippen LogP contribution is 2.24. The number of oxime groups is 1. The lowest BCUT2D eigenvalue weighted by Gasteiger charge is -2.18. The van der Waals surface area contributed by atoms with Gasteiger partial charge in [-0.25, -0.2) is 8.42 Å². The summed E-state index contributed by atoms with van der Waals surface area (Å²) in [5.41, 5.74) is 4.52. The number of unbranched alkanes of at least 4 members (excludes halogenated alkanes) is 4. The number of hydrogen-bond acceptors (Lipinski definition) is 4. The van der Waals surface area contributed by atoms with Crippen LogP contribution in [-0.4, -0.2) is 29.8 Å². The minimum Gasteiger partial charge on any atom is -0.411 e. The Labute approximate surface area is 152 Å². The predicted molar refractivity (Wildman–Crippen MR) is 103 cm³/mol. The van der Waals surface area contributed by atoms with Crippen molar-refractivity contribution in [1.29, 1.82) is 0 Å². The minimum atomic E-state index is -2.97. The minimum absolute atomic E-state index is 0.302. The molecule has 2 rings (SSSR count). The van der Waals surface area contributed by atoms with E-state index < -0.39 is 14.6 Å². The molecule has 0 bridgehead atoms. The molecule has 1 aliphatic carbocycles. The number of nitrogens with zero attached hydrogens (tertiary/aromatic N) is 1. The van der Waals surface area contributed by atoms with Gasteiger partial charge in [-0.2, -0.15) is 0 Å². The van der Waals surface area contributed by atoms with Gasteiger partial charge in [-0.1, -0.05) is 42.6 Å². The fourth-order valence-electron chi connectivity index (χ4n) is 3.24. The summed E-state index contributed by atoms with van der Waals surface area (Å²) in [6.45, 7) is 5.32. The third-order valence-electron chi connectivity index (χ3n) is 5.04. The molecule has 0 saturated carbocycles. The van der Waals surface area contributed by atoms with Gasteiger partial charge in [-0.15, -0.1) is 0 Å². The van der Waals surface area contributed by atoms with Crippen LogP contribution >= 0.6 is 0 Å². The summed E-state index contributed by atoms with van der Waals surface area (Å²) in [5.74, 6) is 0.302. The number of rotatable bonds is 8. The van der Waals surface area contributed by atoms with E-state index in [-0.39, 0.29) is 0 Å². The SMILES string of the molecule is CC(C)(C)S(=O)(=O)CCCCCCCc1ccc2c(c1)CC/C2=N\O. The molecule has 0 fully saturated rings. The topological polar surface area (TPSA) is 66.7 Å². The largest absolute Gasteiger partial charge is 0.411 e. The van der Waals surface area contributed by atoms with E-state index in [0.29, 0.717) is 5.75 Å². The zero-order valence-corrected chi connectivity index (χ0v) is 16.5. The summed E-state index contributed by atoms with van der Waals surface area (Å²) in [5, 5.41) is 12.3. The van der Waals surface area contributed by atoms with E-state index in [9.17, 15) is 8.42 Å². The smallest absolute Gasteiger partial charge is 0.155 e. The Bertz CT molecular complexity index is 715. The second-order valence-corrected chi connectivity index (χ2v) is 10.8. The second-order valence-electron chi connectivity index (χ2n) is 7.99. The van der Waals surface area contributed by atoms with Gasteiger partial charge >= 0.3 is 0 Å². The molecule has 1 aromatic rings. The van der Waals surface area contributed by atoms with Crippen molar-refractivity contribution in [2.24, 2.45) is 5.16 Å². The van der Waals surface area contributed by atoms with Gasteiger partial charge in [0.1, 0.15) is 0 Å². The third kappa shape index (κ3) is 5.30. The van der Waals surface area contributed by atoms with Crippen LogP contribution in [0.2, 0.25) is 0 Å². The van der Waals surface area contributed by atoms with Crippen LogP contribution in [0, 0.1) is 0 Å². The maximum atomic E-state index is 12.0. The Hall–Kier alpha value is -1.36. The summed E-state index contributed by atoms with van der Waals surface area (Å²) in [6, 6.07) is 6.44. The van der Waals surface area contributed by atoms with E-state index in [2.05, 4.69) is 23.4 Å². The van der Waals surface area contributed by atoms with Gasteiger partial charge in [-0.3, -0.25) is 0 Å². The Morgan fingerprint density at radius 2 is 1.72 bits per heavy atom. The normalized spacial score (nSPS) is 16.4. The van der Waals surface area contributed by atoms with Gasteiger partial charge in [0.25, 0.3) is 0 Å². The summed E-state index contributed by atoms with van der Waals surface area (Å²) in [6.07, 6.45) is 7.95. The van der Waals surface area contributed by atoms with Crippen LogP contribution < -0.4 is 0 Å². The Morgan fingerprint density at radius 3 is 2.40 bits per heavy atom. The Balaban J connectivity index is 1.66. The van der Waals surface area contributed by atoms with Gasteiger partial charge in [0.05, 0.1) is 16.2 Å². The number of aryl methyl sites for hydroxylation is 2. The lowest BCUT2D eigenvalue weighted by atomic mass is 10.0. The van der Waals surface area contributed by atoms with Crippen molar-refractivity contribution in [2.45, 2.75) is 76.9 Å². The molecule has 1 N–H and O–H groups in total. The molecule has 0 saturated heterocycles. The van der Waals surface area contributed by atoms with Crippen LogP contribution in [0.4, 0.5) is 0 Å². The molecule has 140 valence electrons. The van der Waals surface area contributed by atoms with Crippen molar-refractivity contribution >= 4 is 15.5 Å². The van der Waals surface area contributed by atoms with Crippen molar-refractivity contribution in [3.8, 4) is 0 Å². The number of hydrogen-bond donors (Lipinski definition) is 1. The predicted octanol–water partition coefficient (Wildman–Crippen LogP) is 4.52. The summed E-state index contributed by atoms with van der Waals surface area (Å²) >= 11 is 0. The molecule has 0 spiro atoms. The highest BCUT2D eigenvalue weighted by atomic mass is 32.2. The van der Waals surface area contributed by atoms with Crippen LogP contribution in [0.5, 0.6) is 0 Å². The fraction of sp³-hybridized carbons (Fsp3) is 0.650. The lowest BCUT2D eigenvalue weighted by Crippen LogP contribution is -2.30. The van der Waals surface area contributed by atoms with Crippen molar-refractivity contribution in [3.05, 3.63) is 34.9 Å². The van der Waals surface area contributed by atoms with Crippen LogP contribution in [-0.2, 0) is 22.7 Å². The zero-order chi connectivity index (χ0) is 18.5. The average molecular weight is 366 g/mol. The summed E-state index contributed by atoms with van der Waals surface area (Å²) in [4.78, 5) is 0. The molecule has 1 aliphatic rings. The maximum absolute atomic E-state index is 12.0. The molecule has 0 aromatic heterocycles. The first kappa shape index (κ1) is 20.0. The summed E-state index contributed by atoms with van der Waals surface area (Å²) in [7, 11) is -2.97. The third-order valence-corrected chi connectivity index (χ3v) is 7.74. The molecule has 0 atom stereocenters. The average Bonchev–Trinajstić information content (AvgIpc) is 2.95. The van der Waals surface area contributed by atoms with Gasteiger partial charge in [-0.05, 0) is 64.0 Å². The van der Waals surface area contributed by atoms with E-state index >= 15 is 0 Å². The Morgan fingerprint density at radius 1 is 1.04 bits per heavy atom. The standard InChI is InChI=1S/C20H31NO3S/c1-20(2,3)25(23,24)14-8-6-4-5-7-9-16-10-12-18-17(15-16)11-13-19(18)21-22/h10,12,15,22H,4-9,11,13-14H2,1-3H3/b21-19+. The molecule has 0 radical (unpaired) electrons. The van der Waals surface area contributed by atoms with E-state index in [4.69, 9.17) is 5.21 Å². The van der Waals surface area contributed by atoms with Crippen LogP contribution in [0.3, 0.4) is 0 Å². The van der Waals surface area contributed by atoms with E-state index in [1.54, 1.807) is 20.8 Å². The lowest BCUT2D eigenvalue weighted by molar-refractivity contribution is 0.318. The first-order valence-corrected chi connectivity index (χ1v) is 11.0. The molecule has 4 nitrogen and oxygen atoms in total. The maximum Gasteiger partial charge on any atom is 0.155 e. The van der Waals surface area contributed by atoms with Gasteiger partial charge in [0.15, 0.2) is 9.84 Å². The van der Waals surface area contributed by atoms with Crippen LogP contribution in [0.25, 0.3) is 0 Å². The quantitative estimate of drug-likeness (QED) is 0.418. The fourth-order valence-corrected chi connectivity index (χ4v) is 4.44. The molecule has 25 heavy (non-hydrogen) atoms. The second kappa shape index (κ2) is 8.35. The number of benzene rings is 1. The highest BCUT2D eigenvalue weighted by Gasteiger charge is 2.27. The molecule has 0 heterocycles. The highest BCUT2D eigenvalue weighted by molar-refractivity contribution is 7.92. The van der Waals surface area contributed by atoms with Crippen molar-refractivity contribution < 1.29 is 13.6 Å². The number of fused-ring (bicyclic) bond motifs is 1. The van der Waals surface area contributed by atoms with E-state index in [1.165, 1.54) is 11.1 Å². The van der Waals surface area contributed by atoms with E-state index in [1.807, 2.05) is 0 Å². The molecular weight excluding hydrogens is 334 g/mol. The zero-order valence-electron chi connectivity index (χ0n) is 15.7. The molecule has 5 heteroatoms. The first-order chi connectivity index (χ1) is 11.7. The molecular formula is C20H31NO3S. The van der Waals surface area contributed by atoms with Crippen LogP contribution in [0.1, 0.15) is 76.0 Å². The van der Waals surface area contributed by atoms with Crippen molar-refractivity contribution in [3.63, 3.8) is 0 Å².